The Hall–Kier alpha value is -2.70. The Bertz CT molecular complexity index is 696. The van der Waals surface area contributed by atoms with Crippen LogP contribution in [0.4, 0.5) is 0 Å². The minimum absolute atomic E-state index is 0.660. The fourth-order valence-electron chi connectivity index (χ4n) is 2.44. The molecule has 7 heteroatoms. The molecule has 0 radical (unpaired) electrons. The van der Waals surface area contributed by atoms with E-state index in [0.717, 1.165) is 28.7 Å². The van der Waals surface area contributed by atoms with E-state index >= 15 is 0 Å². The number of aromatic nitrogens is 2. The van der Waals surface area contributed by atoms with Crippen molar-refractivity contribution in [1.29, 1.82) is 0 Å². The van der Waals surface area contributed by atoms with E-state index in [0.29, 0.717) is 13.1 Å². The molecule has 0 saturated carbocycles. The van der Waals surface area contributed by atoms with Crippen molar-refractivity contribution in [2.24, 2.45) is 12.0 Å². The van der Waals surface area contributed by atoms with Gasteiger partial charge in [0.15, 0.2) is 5.96 Å². The van der Waals surface area contributed by atoms with Crippen molar-refractivity contribution in [3.05, 3.63) is 41.7 Å². The number of nitrogens with zero attached hydrogens (tertiary/aromatic N) is 4. The van der Waals surface area contributed by atoms with Crippen LogP contribution in [0.3, 0.4) is 0 Å². The highest BCUT2D eigenvalue weighted by atomic mass is 16.5. The third-order valence-corrected chi connectivity index (χ3v) is 3.83. The molecule has 7 nitrogen and oxygen atoms in total. The largest absolute Gasteiger partial charge is 0.497 e. The quantitative estimate of drug-likeness (QED) is 0.644. The van der Waals surface area contributed by atoms with E-state index in [9.17, 15) is 0 Å². The number of hydrogen-bond acceptors (Lipinski definition) is 4. The summed E-state index contributed by atoms with van der Waals surface area (Å²) in [5.74, 6) is 2.37. The second-order valence-electron chi connectivity index (χ2n) is 5.38. The highest BCUT2D eigenvalue weighted by molar-refractivity contribution is 5.79. The molecule has 1 aromatic carbocycles. The van der Waals surface area contributed by atoms with Crippen molar-refractivity contribution in [1.82, 2.24) is 20.0 Å². The number of rotatable bonds is 6. The van der Waals surface area contributed by atoms with Crippen molar-refractivity contribution >= 4 is 5.96 Å². The molecule has 0 aliphatic rings. The normalized spacial score (nSPS) is 11.3. The third kappa shape index (κ3) is 4.18. The topological polar surface area (TPSA) is 63.9 Å². The number of aliphatic imine (C=N–C) groups is 1. The second-order valence-corrected chi connectivity index (χ2v) is 5.38. The fraction of sp³-hybridized carbons (Fsp3) is 0.412. The Kier molecular flexibility index (Phi) is 6.06. The fourth-order valence-corrected chi connectivity index (χ4v) is 2.44. The van der Waals surface area contributed by atoms with E-state index < -0.39 is 0 Å². The van der Waals surface area contributed by atoms with Crippen LogP contribution in [0.1, 0.15) is 11.3 Å². The standard InChI is InChI=1S/C17H25N5O2/c1-18-17(19-11-14-8-9-20-22(14)3)21(2)12-13-6-7-15(23-4)10-16(13)24-5/h6-10H,11-12H2,1-5H3,(H,18,19). The number of aryl methyl sites for hydroxylation is 1. The molecule has 1 N–H and O–H groups in total. The van der Waals surface area contributed by atoms with E-state index in [4.69, 9.17) is 9.47 Å². The zero-order valence-corrected chi connectivity index (χ0v) is 14.9. The van der Waals surface area contributed by atoms with Gasteiger partial charge < -0.3 is 19.7 Å². The minimum Gasteiger partial charge on any atom is -0.497 e. The lowest BCUT2D eigenvalue weighted by molar-refractivity contribution is 0.382. The molecule has 1 aromatic heterocycles. The first-order chi connectivity index (χ1) is 11.6. The number of hydrogen-bond donors (Lipinski definition) is 1. The van der Waals surface area contributed by atoms with Crippen molar-refractivity contribution in [2.75, 3.05) is 28.3 Å². The molecule has 0 bridgehead atoms. The molecule has 1 heterocycles. The summed E-state index contributed by atoms with van der Waals surface area (Å²) in [5.41, 5.74) is 2.15. The van der Waals surface area contributed by atoms with Gasteiger partial charge in [-0.2, -0.15) is 5.10 Å². The van der Waals surface area contributed by atoms with Gasteiger partial charge in [0.2, 0.25) is 0 Å². The smallest absolute Gasteiger partial charge is 0.194 e. The Labute approximate surface area is 142 Å². The van der Waals surface area contributed by atoms with Gasteiger partial charge in [-0.25, -0.2) is 0 Å². The maximum atomic E-state index is 5.46. The van der Waals surface area contributed by atoms with Crippen molar-refractivity contribution in [2.45, 2.75) is 13.1 Å². The zero-order valence-electron chi connectivity index (χ0n) is 14.9. The van der Waals surface area contributed by atoms with Gasteiger partial charge in [-0.15, -0.1) is 0 Å². The molecule has 2 rings (SSSR count). The molecule has 130 valence electrons. The van der Waals surface area contributed by atoms with E-state index in [1.165, 1.54) is 0 Å². The van der Waals surface area contributed by atoms with Gasteiger partial charge in [0.1, 0.15) is 11.5 Å². The average molecular weight is 331 g/mol. The predicted molar refractivity (Wildman–Crippen MR) is 94.4 cm³/mol. The summed E-state index contributed by atoms with van der Waals surface area (Å²) in [4.78, 5) is 6.38. The number of guanidine groups is 1. The van der Waals surface area contributed by atoms with Crippen LogP contribution in [0.5, 0.6) is 11.5 Å². The molecule has 0 atom stereocenters. The van der Waals surface area contributed by atoms with Crippen LogP contribution in [-0.2, 0) is 20.1 Å². The lowest BCUT2D eigenvalue weighted by Gasteiger charge is -2.23. The Morgan fingerprint density at radius 1 is 1.29 bits per heavy atom. The van der Waals surface area contributed by atoms with Gasteiger partial charge in [-0.3, -0.25) is 9.67 Å². The molecule has 0 amide bonds. The molecule has 0 aliphatic heterocycles. The van der Waals surface area contributed by atoms with Crippen LogP contribution in [-0.4, -0.2) is 49.0 Å². The monoisotopic (exact) mass is 331 g/mol. The van der Waals surface area contributed by atoms with Gasteiger partial charge in [0.05, 0.1) is 26.5 Å². The summed E-state index contributed by atoms with van der Waals surface area (Å²) in [6.45, 7) is 1.32. The van der Waals surface area contributed by atoms with Gasteiger partial charge in [-0.1, -0.05) is 0 Å². The Balaban J connectivity index is 2.04. The van der Waals surface area contributed by atoms with Crippen LogP contribution in [0.15, 0.2) is 35.5 Å². The van der Waals surface area contributed by atoms with Gasteiger partial charge in [-0.05, 0) is 18.2 Å². The zero-order chi connectivity index (χ0) is 17.5. The van der Waals surface area contributed by atoms with E-state index in [2.05, 4.69) is 15.4 Å². The number of ether oxygens (including phenoxy) is 2. The Morgan fingerprint density at radius 3 is 2.67 bits per heavy atom. The van der Waals surface area contributed by atoms with Gasteiger partial charge in [0.25, 0.3) is 0 Å². The van der Waals surface area contributed by atoms with E-state index in [1.807, 2.05) is 47.9 Å². The van der Waals surface area contributed by atoms with E-state index in [-0.39, 0.29) is 0 Å². The van der Waals surface area contributed by atoms with Crippen LogP contribution in [0.2, 0.25) is 0 Å². The summed E-state index contributed by atoms with van der Waals surface area (Å²) >= 11 is 0. The summed E-state index contributed by atoms with van der Waals surface area (Å²) in [7, 11) is 8.99. The maximum absolute atomic E-state index is 5.46. The van der Waals surface area contributed by atoms with Gasteiger partial charge in [0, 0.05) is 45.5 Å². The number of methoxy groups -OCH3 is 2. The first-order valence-electron chi connectivity index (χ1n) is 7.68. The van der Waals surface area contributed by atoms with E-state index in [1.54, 1.807) is 27.5 Å². The maximum Gasteiger partial charge on any atom is 0.194 e. The number of nitrogens with one attached hydrogen (secondary N) is 1. The molecule has 24 heavy (non-hydrogen) atoms. The summed E-state index contributed by atoms with van der Waals surface area (Å²) in [6.07, 6.45) is 1.78. The lowest BCUT2D eigenvalue weighted by Crippen LogP contribution is -2.38. The van der Waals surface area contributed by atoms with Crippen molar-refractivity contribution < 1.29 is 9.47 Å². The van der Waals surface area contributed by atoms with Crippen LogP contribution in [0, 0.1) is 0 Å². The van der Waals surface area contributed by atoms with Crippen LogP contribution >= 0.6 is 0 Å². The number of benzene rings is 1. The molecule has 0 fully saturated rings. The summed E-state index contributed by atoms with van der Waals surface area (Å²) in [6, 6.07) is 7.79. The highest BCUT2D eigenvalue weighted by Crippen LogP contribution is 2.25. The first-order valence-corrected chi connectivity index (χ1v) is 7.68. The predicted octanol–water partition coefficient (Wildman–Crippen LogP) is 1.64. The lowest BCUT2D eigenvalue weighted by atomic mass is 10.2. The molecule has 0 aliphatic carbocycles. The average Bonchev–Trinajstić information content (AvgIpc) is 3.01. The highest BCUT2D eigenvalue weighted by Gasteiger charge is 2.11. The van der Waals surface area contributed by atoms with Crippen LogP contribution < -0.4 is 14.8 Å². The Morgan fingerprint density at radius 2 is 2.08 bits per heavy atom. The second kappa shape index (κ2) is 8.24. The first kappa shape index (κ1) is 17.7. The SMILES string of the molecule is CN=C(NCc1ccnn1C)N(C)Cc1ccc(OC)cc1OC. The summed E-state index contributed by atoms with van der Waals surface area (Å²) in [5, 5.41) is 7.51. The third-order valence-electron chi connectivity index (χ3n) is 3.83. The summed E-state index contributed by atoms with van der Waals surface area (Å²) < 4.78 is 12.5. The van der Waals surface area contributed by atoms with Gasteiger partial charge >= 0.3 is 0 Å². The molecule has 0 saturated heterocycles. The minimum atomic E-state index is 0.660. The molecule has 2 aromatic rings. The van der Waals surface area contributed by atoms with Crippen molar-refractivity contribution in [3.63, 3.8) is 0 Å². The van der Waals surface area contributed by atoms with Crippen molar-refractivity contribution in [3.8, 4) is 11.5 Å². The van der Waals surface area contributed by atoms with Crippen LogP contribution in [0.25, 0.3) is 0 Å². The molecule has 0 unspecified atom stereocenters. The molecular formula is C17H25N5O2. The molecular weight excluding hydrogens is 306 g/mol. The molecule has 0 spiro atoms.